The molecule has 0 saturated carbocycles. The van der Waals surface area contributed by atoms with Crippen molar-refractivity contribution in [3.63, 3.8) is 0 Å². The number of amides is 1. The third-order valence-electron chi connectivity index (χ3n) is 4.23. The van der Waals surface area contributed by atoms with Crippen LogP contribution >= 0.6 is 11.6 Å². The number of rotatable bonds is 4. The molecule has 2 rings (SSSR count). The Labute approximate surface area is 132 Å². The van der Waals surface area contributed by atoms with Gasteiger partial charge < -0.3 is 9.80 Å². The maximum atomic E-state index is 12.4. The molecule has 0 spiro atoms. The lowest BCUT2D eigenvalue weighted by atomic mass is 10.1. The van der Waals surface area contributed by atoms with Gasteiger partial charge in [0.1, 0.15) is 0 Å². The van der Waals surface area contributed by atoms with Crippen LogP contribution in [0.2, 0.25) is 5.02 Å². The van der Waals surface area contributed by atoms with E-state index < -0.39 is 0 Å². The first-order valence-electron chi connectivity index (χ1n) is 7.39. The van der Waals surface area contributed by atoms with Gasteiger partial charge in [0.05, 0.1) is 6.54 Å². The zero-order valence-corrected chi connectivity index (χ0v) is 13.8. The minimum Gasteiger partial charge on any atom is -0.339 e. The van der Waals surface area contributed by atoms with Crippen molar-refractivity contribution in [2.45, 2.75) is 13.0 Å². The topological polar surface area (TPSA) is 26.8 Å². The summed E-state index contributed by atoms with van der Waals surface area (Å²) in [6, 6.07) is 7.99. The Balaban J connectivity index is 1.91. The third kappa shape index (κ3) is 4.43. The first-order valence-corrected chi connectivity index (χ1v) is 7.77. The molecular weight excluding hydrogens is 286 g/mol. The number of likely N-dealkylation sites (N-methyl/N-ethyl adjacent to an activating group) is 2. The standard InChI is InChI=1S/C16H24ClN3O/c1-13(14-5-4-6-15(17)11-14)19(3)12-16(21)20-9-7-18(2)8-10-20/h4-6,11,13H,7-10,12H2,1-3H3/t13-/m1/s1. The highest BCUT2D eigenvalue weighted by Gasteiger charge is 2.22. The first-order chi connectivity index (χ1) is 9.97. The number of halogens is 1. The van der Waals surface area contributed by atoms with E-state index >= 15 is 0 Å². The fourth-order valence-electron chi connectivity index (χ4n) is 2.53. The van der Waals surface area contributed by atoms with E-state index in [-0.39, 0.29) is 11.9 Å². The first kappa shape index (κ1) is 16.3. The van der Waals surface area contributed by atoms with Gasteiger partial charge in [-0.05, 0) is 38.7 Å². The van der Waals surface area contributed by atoms with Crippen molar-refractivity contribution in [1.82, 2.24) is 14.7 Å². The molecule has 0 N–H and O–H groups in total. The molecule has 1 atom stereocenters. The Morgan fingerprint density at radius 1 is 1.33 bits per heavy atom. The van der Waals surface area contributed by atoms with Gasteiger partial charge in [-0.2, -0.15) is 0 Å². The average molecular weight is 310 g/mol. The molecule has 0 aromatic heterocycles. The Morgan fingerprint density at radius 2 is 2.00 bits per heavy atom. The summed E-state index contributed by atoms with van der Waals surface area (Å²) in [6.07, 6.45) is 0. The monoisotopic (exact) mass is 309 g/mol. The number of hydrogen-bond acceptors (Lipinski definition) is 3. The molecular formula is C16H24ClN3O. The van der Waals surface area contributed by atoms with Crippen LogP contribution in [0.5, 0.6) is 0 Å². The van der Waals surface area contributed by atoms with E-state index in [2.05, 4.69) is 23.8 Å². The zero-order valence-electron chi connectivity index (χ0n) is 13.1. The minimum atomic E-state index is 0.167. The normalized spacial score (nSPS) is 18.0. The van der Waals surface area contributed by atoms with E-state index in [0.717, 1.165) is 36.8 Å². The molecule has 5 heteroatoms. The van der Waals surface area contributed by atoms with Gasteiger partial charge in [-0.25, -0.2) is 0 Å². The Hall–Kier alpha value is -1.10. The summed E-state index contributed by atoms with van der Waals surface area (Å²) in [4.78, 5) is 18.6. The molecule has 0 radical (unpaired) electrons. The van der Waals surface area contributed by atoms with Crippen LogP contribution in [0.3, 0.4) is 0 Å². The summed E-state index contributed by atoms with van der Waals surface area (Å²) >= 11 is 6.04. The predicted molar refractivity (Wildman–Crippen MR) is 86.6 cm³/mol. The number of hydrogen-bond donors (Lipinski definition) is 0. The Kier molecular flexibility index (Phi) is 5.62. The molecule has 1 aliphatic rings. The van der Waals surface area contributed by atoms with Gasteiger partial charge in [0.2, 0.25) is 5.91 Å². The summed E-state index contributed by atoms with van der Waals surface area (Å²) in [5.41, 5.74) is 1.14. The van der Waals surface area contributed by atoms with Crippen molar-refractivity contribution in [3.8, 4) is 0 Å². The van der Waals surface area contributed by atoms with E-state index in [4.69, 9.17) is 11.6 Å². The van der Waals surface area contributed by atoms with E-state index in [1.54, 1.807) is 0 Å². The molecule has 1 aromatic carbocycles. The van der Waals surface area contributed by atoms with Crippen LogP contribution in [0.4, 0.5) is 0 Å². The van der Waals surface area contributed by atoms with E-state index in [9.17, 15) is 4.79 Å². The molecule has 1 amide bonds. The lowest BCUT2D eigenvalue weighted by Crippen LogP contribution is -2.49. The van der Waals surface area contributed by atoms with E-state index in [0.29, 0.717) is 6.54 Å². The van der Waals surface area contributed by atoms with Crippen LogP contribution < -0.4 is 0 Å². The maximum absolute atomic E-state index is 12.4. The van der Waals surface area contributed by atoms with Crippen molar-refractivity contribution >= 4 is 17.5 Å². The second-order valence-corrected chi connectivity index (χ2v) is 6.27. The molecule has 1 heterocycles. The van der Waals surface area contributed by atoms with Gasteiger partial charge in [-0.1, -0.05) is 23.7 Å². The fourth-order valence-corrected chi connectivity index (χ4v) is 2.73. The van der Waals surface area contributed by atoms with Crippen LogP contribution in [-0.2, 0) is 4.79 Å². The number of carbonyl (C=O) groups is 1. The number of nitrogens with zero attached hydrogens (tertiary/aromatic N) is 3. The highest BCUT2D eigenvalue weighted by Crippen LogP contribution is 2.21. The van der Waals surface area contributed by atoms with Crippen molar-refractivity contribution in [2.24, 2.45) is 0 Å². The highest BCUT2D eigenvalue weighted by atomic mass is 35.5. The van der Waals surface area contributed by atoms with Gasteiger partial charge in [0, 0.05) is 37.2 Å². The van der Waals surface area contributed by atoms with Gasteiger partial charge in [-0.3, -0.25) is 9.69 Å². The van der Waals surface area contributed by atoms with E-state index in [1.165, 1.54) is 0 Å². The molecule has 21 heavy (non-hydrogen) atoms. The summed E-state index contributed by atoms with van der Waals surface area (Å²) in [5, 5.41) is 0.734. The predicted octanol–water partition coefficient (Wildman–Crippen LogP) is 2.11. The number of carbonyl (C=O) groups excluding carboxylic acids is 1. The van der Waals surface area contributed by atoms with Crippen molar-refractivity contribution < 1.29 is 4.79 Å². The number of benzene rings is 1. The van der Waals surface area contributed by atoms with Crippen LogP contribution in [0.1, 0.15) is 18.5 Å². The van der Waals surface area contributed by atoms with Crippen LogP contribution in [0.15, 0.2) is 24.3 Å². The average Bonchev–Trinajstić information content (AvgIpc) is 2.47. The molecule has 0 bridgehead atoms. The quantitative estimate of drug-likeness (QED) is 0.852. The van der Waals surface area contributed by atoms with Crippen molar-refractivity contribution in [2.75, 3.05) is 46.8 Å². The lowest BCUT2D eigenvalue weighted by molar-refractivity contribution is -0.134. The SMILES string of the molecule is C[C@H](c1cccc(Cl)c1)N(C)CC(=O)N1CCN(C)CC1. The van der Waals surface area contributed by atoms with Gasteiger partial charge in [0.15, 0.2) is 0 Å². The molecule has 1 saturated heterocycles. The third-order valence-corrected chi connectivity index (χ3v) is 4.47. The zero-order chi connectivity index (χ0) is 15.4. The summed E-state index contributed by atoms with van der Waals surface area (Å²) in [7, 11) is 4.08. The second kappa shape index (κ2) is 7.25. The van der Waals surface area contributed by atoms with Crippen molar-refractivity contribution in [1.29, 1.82) is 0 Å². The summed E-state index contributed by atoms with van der Waals surface area (Å²) in [6.45, 7) is 6.11. The maximum Gasteiger partial charge on any atom is 0.236 e. The second-order valence-electron chi connectivity index (χ2n) is 5.83. The summed E-state index contributed by atoms with van der Waals surface area (Å²) < 4.78 is 0. The van der Waals surface area contributed by atoms with Crippen LogP contribution in [0.25, 0.3) is 0 Å². The van der Waals surface area contributed by atoms with Gasteiger partial charge >= 0.3 is 0 Å². The summed E-state index contributed by atoms with van der Waals surface area (Å²) in [5.74, 6) is 0.208. The van der Waals surface area contributed by atoms with E-state index in [1.807, 2.05) is 36.2 Å². The largest absolute Gasteiger partial charge is 0.339 e. The van der Waals surface area contributed by atoms with Crippen LogP contribution in [0, 0.1) is 0 Å². The minimum absolute atomic E-state index is 0.167. The molecule has 1 aromatic rings. The molecule has 1 aliphatic heterocycles. The van der Waals surface area contributed by atoms with Gasteiger partial charge in [-0.15, -0.1) is 0 Å². The lowest BCUT2D eigenvalue weighted by Gasteiger charge is -2.34. The molecule has 0 aliphatic carbocycles. The molecule has 0 unspecified atom stereocenters. The molecule has 1 fully saturated rings. The van der Waals surface area contributed by atoms with Crippen molar-refractivity contribution in [3.05, 3.63) is 34.9 Å². The molecule has 4 nitrogen and oxygen atoms in total. The Morgan fingerprint density at radius 3 is 2.62 bits per heavy atom. The van der Waals surface area contributed by atoms with Crippen LogP contribution in [-0.4, -0.2) is 67.4 Å². The number of piperazine rings is 1. The smallest absolute Gasteiger partial charge is 0.236 e. The Bertz CT molecular complexity index is 486. The highest BCUT2D eigenvalue weighted by molar-refractivity contribution is 6.30. The van der Waals surface area contributed by atoms with Gasteiger partial charge in [0.25, 0.3) is 0 Å². The fraction of sp³-hybridized carbons (Fsp3) is 0.562. The molecule has 116 valence electrons.